The van der Waals surface area contributed by atoms with Gasteiger partial charge in [-0.3, -0.25) is 0 Å². The van der Waals surface area contributed by atoms with E-state index in [1.807, 2.05) is 0 Å². The first-order valence-corrected chi connectivity index (χ1v) is 28.6. The average molecular weight is 982 g/mol. The van der Waals surface area contributed by atoms with Gasteiger partial charge in [-0.1, -0.05) is 267 Å². The van der Waals surface area contributed by atoms with E-state index < -0.39 is 18.9 Å². The highest BCUT2D eigenvalue weighted by Gasteiger charge is 2.52. The van der Waals surface area contributed by atoms with Crippen LogP contribution >= 0.6 is 0 Å². The lowest BCUT2D eigenvalue weighted by atomic mass is 9.67. The maximum atomic E-state index is 2.58. The summed E-state index contributed by atoms with van der Waals surface area (Å²) in [5.74, 6) is 0. The Bertz CT molecular complexity index is 4080. The number of hydrogen-bond donors (Lipinski definition) is 0. The standard InChI is InChI=1S/C74H51NSi/c1-7-25-52(26-8-1)73(53-27-9-2-10-28-53)67-40-22-19-37-61(67)63-46-44-57(50-69(63)73)75(56-31-13-4-14-32-56)58-45-47-64-62-38-20-23-41-68(62)74(70(64)51-58,54-29-11-3-12-30-54)55-43-48-72-66(49-55)65-39-21-24-42-71(65)76(72,59-33-15-5-16-34-59)60-35-17-6-18-36-60/h1-51H. The first kappa shape index (κ1) is 44.2. The van der Waals surface area contributed by atoms with Gasteiger partial charge in [0, 0.05) is 17.1 Å². The van der Waals surface area contributed by atoms with Crippen molar-refractivity contribution in [1.82, 2.24) is 0 Å². The molecule has 1 nitrogen and oxygen atoms in total. The Labute approximate surface area is 446 Å². The van der Waals surface area contributed by atoms with Gasteiger partial charge < -0.3 is 4.90 Å². The van der Waals surface area contributed by atoms with Gasteiger partial charge in [0.25, 0.3) is 0 Å². The molecule has 0 amide bonds. The van der Waals surface area contributed by atoms with Gasteiger partial charge in [-0.15, -0.1) is 0 Å². The second-order valence-corrected chi connectivity index (χ2v) is 24.3. The Morgan fingerprint density at radius 2 is 0.592 bits per heavy atom. The molecule has 0 radical (unpaired) electrons. The number of para-hydroxylation sites is 1. The van der Waals surface area contributed by atoms with Crippen molar-refractivity contribution in [3.8, 4) is 33.4 Å². The summed E-state index contributed by atoms with van der Waals surface area (Å²) in [7, 11) is -2.72. The molecule has 1 heterocycles. The van der Waals surface area contributed by atoms with Crippen LogP contribution in [-0.2, 0) is 10.8 Å². The topological polar surface area (TPSA) is 3.24 Å². The van der Waals surface area contributed by atoms with Crippen LogP contribution < -0.4 is 25.6 Å². The lowest BCUT2D eigenvalue weighted by Crippen LogP contribution is -2.72. The van der Waals surface area contributed by atoms with Crippen molar-refractivity contribution < 1.29 is 0 Å². The van der Waals surface area contributed by atoms with Gasteiger partial charge in [0.15, 0.2) is 8.07 Å². The summed E-state index contributed by atoms with van der Waals surface area (Å²) < 4.78 is 0. The summed E-state index contributed by atoms with van der Waals surface area (Å²) in [6.07, 6.45) is 0. The Hall–Kier alpha value is -9.34. The second kappa shape index (κ2) is 17.4. The quantitative estimate of drug-likeness (QED) is 0.130. The van der Waals surface area contributed by atoms with E-state index in [1.165, 1.54) is 98.6 Å². The van der Waals surface area contributed by atoms with Gasteiger partial charge in [-0.25, -0.2) is 0 Å². The number of anilines is 3. The first-order valence-electron chi connectivity index (χ1n) is 26.6. The highest BCUT2D eigenvalue weighted by atomic mass is 28.3. The van der Waals surface area contributed by atoms with E-state index in [-0.39, 0.29) is 0 Å². The Morgan fingerprint density at radius 1 is 0.224 bits per heavy atom. The second-order valence-electron chi connectivity index (χ2n) is 20.6. The van der Waals surface area contributed by atoms with Crippen LogP contribution in [0.5, 0.6) is 0 Å². The number of benzene rings is 12. The monoisotopic (exact) mass is 981 g/mol. The largest absolute Gasteiger partial charge is 0.310 e. The molecule has 2 heteroatoms. The zero-order valence-corrected chi connectivity index (χ0v) is 42.9. The molecule has 12 aromatic carbocycles. The third-order valence-electron chi connectivity index (χ3n) is 17.1. The highest BCUT2D eigenvalue weighted by Crippen LogP contribution is 2.60. The van der Waals surface area contributed by atoms with Crippen molar-refractivity contribution in [2.75, 3.05) is 4.90 Å². The minimum absolute atomic E-state index is 0.539. The van der Waals surface area contributed by atoms with Crippen LogP contribution in [0.2, 0.25) is 0 Å². The van der Waals surface area contributed by atoms with Crippen molar-refractivity contribution in [1.29, 1.82) is 0 Å². The van der Waals surface area contributed by atoms with Gasteiger partial charge in [-0.05, 0) is 141 Å². The molecule has 15 rings (SSSR count). The minimum atomic E-state index is -2.72. The summed E-state index contributed by atoms with van der Waals surface area (Å²) in [5.41, 5.74) is 20.0. The molecule has 0 fully saturated rings. The molecule has 12 aromatic rings. The molecule has 1 unspecified atom stereocenters. The molecule has 0 saturated heterocycles. The SMILES string of the molecule is c1ccc(N(c2ccc3c(c2)C(c2ccccc2)(c2ccccc2)c2ccccc2-3)c2ccc3c(c2)C(c2ccccc2)(c2ccc4c(c2)-c2ccccc2[Si]4(c2ccccc2)c2ccccc2)c2ccccc2-3)cc1. The van der Waals surface area contributed by atoms with E-state index in [0.717, 1.165) is 17.1 Å². The summed E-state index contributed by atoms with van der Waals surface area (Å²) >= 11 is 0. The van der Waals surface area contributed by atoms with Gasteiger partial charge >= 0.3 is 0 Å². The Morgan fingerprint density at radius 3 is 1.08 bits per heavy atom. The van der Waals surface area contributed by atoms with E-state index in [2.05, 4.69) is 314 Å². The molecule has 0 N–H and O–H groups in total. The average Bonchev–Trinajstić information content (AvgIpc) is 4.27. The zero-order chi connectivity index (χ0) is 50.3. The van der Waals surface area contributed by atoms with Crippen LogP contribution in [0.15, 0.2) is 309 Å². The Kier molecular flexibility index (Phi) is 10.1. The molecule has 76 heavy (non-hydrogen) atoms. The first-order chi connectivity index (χ1) is 37.7. The summed E-state index contributed by atoms with van der Waals surface area (Å²) in [4.78, 5) is 2.49. The van der Waals surface area contributed by atoms with E-state index in [0.29, 0.717) is 0 Å². The summed E-state index contributed by atoms with van der Waals surface area (Å²) in [5, 5.41) is 5.69. The molecule has 2 aliphatic carbocycles. The third kappa shape index (κ3) is 6.13. The molecule has 1 atom stereocenters. The van der Waals surface area contributed by atoms with Gasteiger partial charge in [-0.2, -0.15) is 0 Å². The normalized spacial score (nSPS) is 15.6. The third-order valence-corrected chi connectivity index (χ3v) is 22.0. The van der Waals surface area contributed by atoms with Crippen molar-refractivity contribution in [2.45, 2.75) is 10.8 Å². The molecular weight excluding hydrogens is 931 g/mol. The van der Waals surface area contributed by atoms with Crippen molar-refractivity contribution >= 4 is 45.9 Å². The van der Waals surface area contributed by atoms with E-state index >= 15 is 0 Å². The molecule has 0 bridgehead atoms. The summed E-state index contributed by atoms with van der Waals surface area (Å²) in [6, 6.07) is 117. The number of nitrogens with zero attached hydrogens (tertiary/aromatic N) is 1. The van der Waals surface area contributed by atoms with Crippen LogP contribution in [-0.4, -0.2) is 8.07 Å². The molecule has 0 saturated carbocycles. The molecule has 356 valence electrons. The van der Waals surface area contributed by atoms with Crippen LogP contribution in [0.3, 0.4) is 0 Å². The lowest BCUT2D eigenvalue weighted by molar-refractivity contribution is 0.767. The maximum Gasteiger partial charge on any atom is 0.180 e. The van der Waals surface area contributed by atoms with Crippen molar-refractivity contribution in [3.63, 3.8) is 0 Å². The van der Waals surface area contributed by atoms with E-state index in [1.54, 1.807) is 0 Å². The fraction of sp³-hybridized carbons (Fsp3) is 0.0270. The fourth-order valence-electron chi connectivity index (χ4n) is 14.2. The van der Waals surface area contributed by atoms with Gasteiger partial charge in [0.2, 0.25) is 0 Å². The smallest absolute Gasteiger partial charge is 0.180 e. The molecule has 0 aromatic heterocycles. The zero-order valence-electron chi connectivity index (χ0n) is 41.9. The van der Waals surface area contributed by atoms with Crippen molar-refractivity contribution in [2.24, 2.45) is 0 Å². The predicted molar refractivity (Wildman–Crippen MR) is 318 cm³/mol. The number of fused-ring (bicyclic) bond motifs is 9. The molecule has 0 spiro atoms. The predicted octanol–water partition coefficient (Wildman–Crippen LogP) is 15.2. The van der Waals surface area contributed by atoms with E-state index in [9.17, 15) is 0 Å². The van der Waals surface area contributed by atoms with Crippen LogP contribution in [0, 0.1) is 0 Å². The summed E-state index contributed by atoms with van der Waals surface area (Å²) in [6.45, 7) is 0. The van der Waals surface area contributed by atoms with Crippen LogP contribution in [0.25, 0.3) is 33.4 Å². The number of rotatable bonds is 9. The highest BCUT2D eigenvalue weighted by molar-refractivity contribution is 7.22. The fourth-order valence-corrected chi connectivity index (χ4v) is 19.3. The van der Waals surface area contributed by atoms with Gasteiger partial charge in [0.1, 0.15) is 0 Å². The van der Waals surface area contributed by atoms with Gasteiger partial charge in [0.05, 0.1) is 10.8 Å². The molecule has 1 aliphatic heterocycles. The molecular formula is C74H51NSi. The lowest BCUT2D eigenvalue weighted by Gasteiger charge is -2.36. The minimum Gasteiger partial charge on any atom is -0.310 e. The van der Waals surface area contributed by atoms with Crippen molar-refractivity contribution in [3.05, 3.63) is 354 Å². The Balaban J connectivity index is 0.984. The maximum absolute atomic E-state index is 2.72. The number of hydrogen-bond acceptors (Lipinski definition) is 1. The molecule has 3 aliphatic rings. The van der Waals surface area contributed by atoms with E-state index in [4.69, 9.17) is 0 Å². The van der Waals surface area contributed by atoms with Crippen LogP contribution in [0.4, 0.5) is 17.1 Å². The van der Waals surface area contributed by atoms with Crippen LogP contribution in [0.1, 0.15) is 44.5 Å².